The van der Waals surface area contributed by atoms with Crippen LogP contribution in [-0.2, 0) is 20.7 Å². The summed E-state index contributed by atoms with van der Waals surface area (Å²) in [6, 6.07) is 21.2. The monoisotopic (exact) mass is 445 g/mol. The molecule has 7 heteroatoms. The quantitative estimate of drug-likeness (QED) is 0.419. The van der Waals surface area contributed by atoms with E-state index in [2.05, 4.69) is 5.32 Å². The number of rotatable bonds is 7. The van der Waals surface area contributed by atoms with Gasteiger partial charge in [-0.05, 0) is 39.9 Å². The third-order valence-electron chi connectivity index (χ3n) is 5.56. The van der Waals surface area contributed by atoms with E-state index in [1.165, 1.54) is 6.92 Å². The van der Waals surface area contributed by atoms with Crippen LogP contribution in [0.15, 0.2) is 72.8 Å². The number of aliphatic carboxylic acids is 1. The fourth-order valence-corrected chi connectivity index (χ4v) is 4.08. The van der Waals surface area contributed by atoms with Gasteiger partial charge in [0.05, 0.1) is 0 Å². The van der Waals surface area contributed by atoms with Crippen LogP contribution in [0.5, 0.6) is 5.75 Å². The van der Waals surface area contributed by atoms with Gasteiger partial charge in [0.2, 0.25) is 0 Å². The molecule has 33 heavy (non-hydrogen) atoms. The van der Waals surface area contributed by atoms with Crippen LogP contribution in [0.1, 0.15) is 29.5 Å². The molecule has 0 bridgehead atoms. The molecule has 0 fully saturated rings. The van der Waals surface area contributed by atoms with E-state index in [0.717, 1.165) is 22.3 Å². The van der Waals surface area contributed by atoms with Crippen molar-refractivity contribution in [2.75, 3.05) is 6.61 Å². The average molecular weight is 445 g/mol. The number of amides is 1. The number of carbonyl (C=O) groups excluding carboxylic acids is 2. The van der Waals surface area contributed by atoms with Gasteiger partial charge in [-0.2, -0.15) is 0 Å². The van der Waals surface area contributed by atoms with Gasteiger partial charge >= 0.3 is 18.0 Å². The van der Waals surface area contributed by atoms with E-state index in [1.807, 2.05) is 48.5 Å². The van der Waals surface area contributed by atoms with E-state index in [9.17, 15) is 19.5 Å². The summed E-state index contributed by atoms with van der Waals surface area (Å²) in [7, 11) is 0. The van der Waals surface area contributed by atoms with Crippen molar-refractivity contribution in [3.05, 3.63) is 89.5 Å². The van der Waals surface area contributed by atoms with Gasteiger partial charge < -0.3 is 19.9 Å². The first-order chi connectivity index (χ1) is 15.9. The van der Waals surface area contributed by atoms with Crippen LogP contribution in [0.3, 0.4) is 0 Å². The normalized spacial score (nSPS) is 12.9. The lowest BCUT2D eigenvalue weighted by molar-refractivity contribution is -0.139. The Kier molecular flexibility index (Phi) is 6.40. The Morgan fingerprint density at radius 2 is 1.48 bits per heavy atom. The zero-order chi connectivity index (χ0) is 23.4. The maximum Gasteiger partial charge on any atom is 0.407 e. The molecule has 0 spiro atoms. The topological polar surface area (TPSA) is 102 Å². The fourth-order valence-electron chi connectivity index (χ4n) is 4.08. The number of hydrogen-bond donors (Lipinski definition) is 2. The number of carboxylic acid groups (broad SMARTS) is 1. The maximum absolute atomic E-state index is 12.5. The van der Waals surface area contributed by atoms with Crippen LogP contribution in [0.2, 0.25) is 0 Å². The second-order valence-corrected chi connectivity index (χ2v) is 7.80. The van der Waals surface area contributed by atoms with Crippen molar-refractivity contribution < 1.29 is 29.0 Å². The molecule has 0 heterocycles. The lowest BCUT2D eigenvalue weighted by Crippen LogP contribution is -2.42. The number of carboxylic acids is 1. The third-order valence-corrected chi connectivity index (χ3v) is 5.56. The summed E-state index contributed by atoms with van der Waals surface area (Å²) < 4.78 is 10.4. The second-order valence-electron chi connectivity index (χ2n) is 7.80. The molecule has 168 valence electrons. The summed E-state index contributed by atoms with van der Waals surface area (Å²) >= 11 is 0. The average Bonchev–Trinajstić information content (AvgIpc) is 3.12. The molecule has 0 radical (unpaired) electrons. The molecule has 1 aliphatic rings. The molecule has 1 atom stereocenters. The van der Waals surface area contributed by atoms with Crippen LogP contribution in [0, 0.1) is 0 Å². The first-order valence-corrected chi connectivity index (χ1v) is 10.5. The molecule has 7 nitrogen and oxygen atoms in total. The van der Waals surface area contributed by atoms with E-state index < -0.39 is 24.1 Å². The molecular formula is C26H23NO6. The fraction of sp³-hybridized carbons (Fsp3) is 0.192. The Bertz CT molecular complexity index is 1140. The molecule has 0 saturated carbocycles. The highest BCUT2D eigenvalue weighted by Crippen LogP contribution is 2.44. The van der Waals surface area contributed by atoms with Crippen molar-refractivity contribution in [1.82, 2.24) is 5.32 Å². The zero-order valence-corrected chi connectivity index (χ0v) is 18.0. The standard InChI is InChI=1S/C26H23NO6/c1-16(28)33-18-12-10-17(11-13-18)14-24(25(29)30)27-26(31)32-15-23-21-8-4-2-6-19(21)20-7-3-5-9-22(20)23/h2-13,23-24H,14-15H2,1H3,(H,27,31)(H,29,30)/t24-/m0/s1. The number of benzene rings is 3. The number of ether oxygens (including phenoxy) is 2. The Balaban J connectivity index is 1.39. The van der Waals surface area contributed by atoms with Gasteiger partial charge in [0, 0.05) is 19.3 Å². The Labute approximate surface area is 191 Å². The van der Waals surface area contributed by atoms with Crippen LogP contribution in [0.25, 0.3) is 11.1 Å². The molecule has 0 unspecified atom stereocenters. The van der Waals surface area contributed by atoms with Gasteiger partial charge in [-0.3, -0.25) is 4.79 Å². The molecule has 0 aromatic heterocycles. The first kappa shape index (κ1) is 22.1. The van der Waals surface area contributed by atoms with E-state index in [4.69, 9.17) is 9.47 Å². The summed E-state index contributed by atoms with van der Waals surface area (Å²) in [4.78, 5) is 35.2. The van der Waals surface area contributed by atoms with E-state index in [0.29, 0.717) is 11.3 Å². The van der Waals surface area contributed by atoms with Gasteiger partial charge in [-0.15, -0.1) is 0 Å². The predicted octanol–water partition coefficient (Wildman–Crippen LogP) is 4.15. The summed E-state index contributed by atoms with van der Waals surface area (Å²) in [5.41, 5.74) is 5.05. The van der Waals surface area contributed by atoms with Crippen molar-refractivity contribution in [3.63, 3.8) is 0 Å². The zero-order valence-electron chi connectivity index (χ0n) is 18.0. The first-order valence-electron chi connectivity index (χ1n) is 10.5. The highest BCUT2D eigenvalue weighted by Gasteiger charge is 2.29. The number of hydrogen-bond acceptors (Lipinski definition) is 5. The van der Waals surface area contributed by atoms with Gasteiger partial charge in [0.15, 0.2) is 0 Å². The largest absolute Gasteiger partial charge is 0.480 e. The smallest absolute Gasteiger partial charge is 0.407 e. The van der Waals surface area contributed by atoms with Crippen molar-refractivity contribution in [3.8, 4) is 16.9 Å². The van der Waals surface area contributed by atoms with Crippen LogP contribution >= 0.6 is 0 Å². The van der Waals surface area contributed by atoms with Crippen molar-refractivity contribution >= 4 is 18.0 Å². The van der Waals surface area contributed by atoms with Crippen LogP contribution in [0.4, 0.5) is 4.79 Å². The minimum atomic E-state index is -1.17. The Morgan fingerprint density at radius 3 is 2.03 bits per heavy atom. The lowest BCUT2D eigenvalue weighted by Gasteiger charge is -2.17. The van der Waals surface area contributed by atoms with Crippen LogP contribution in [-0.4, -0.2) is 35.8 Å². The molecule has 1 amide bonds. The molecule has 0 aliphatic heterocycles. The molecule has 3 aromatic carbocycles. The highest BCUT2D eigenvalue weighted by atomic mass is 16.5. The second kappa shape index (κ2) is 9.56. The number of carbonyl (C=O) groups is 3. The van der Waals surface area contributed by atoms with Gasteiger partial charge in [-0.25, -0.2) is 9.59 Å². The third kappa shape index (κ3) is 5.03. The molecule has 3 aromatic rings. The number of fused-ring (bicyclic) bond motifs is 3. The summed E-state index contributed by atoms with van der Waals surface area (Å²) in [5.74, 6) is -1.36. The molecular weight excluding hydrogens is 422 g/mol. The molecule has 0 saturated heterocycles. The lowest BCUT2D eigenvalue weighted by atomic mass is 9.98. The number of alkyl carbamates (subject to hydrolysis) is 1. The van der Waals surface area contributed by atoms with E-state index in [-0.39, 0.29) is 18.9 Å². The summed E-state index contributed by atoms with van der Waals surface area (Å²) in [6.45, 7) is 1.40. The highest BCUT2D eigenvalue weighted by molar-refractivity contribution is 5.81. The molecule has 2 N–H and O–H groups in total. The summed E-state index contributed by atoms with van der Waals surface area (Å²) in [6.07, 6.45) is -0.735. The molecule has 4 rings (SSSR count). The van der Waals surface area contributed by atoms with Crippen molar-refractivity contribution in [2.24, 2.45) is 0 Å². The van der Waals surface area contributed by atoms with Crippen molar-refractivity contribution in [2.45, 2.75) is 25.3 Å². The number of esters is 1. The van der Waals surface area contributed by atoms with Crippen molar-refractivity contribution in [1.29, 1.82) is 0 Å². The van der Waals surface area contributed by atoms with E-state index >= 15 is 0 Å². The Hall–Kier alpha value is -4.13. The van der Waals surface area contributed by atoms with Gasteiger partial charge in [-0.1, -0.05) is 60.7 Å². The SMILES string of the molecule is CC(=O)Oc1ccc(C[C@H](NC(=O)OCC2c3ccccc3-c3ccccc32)C(=O)O)cc1. The van der Waals surface area contributed by atoms with E-state index in [1.54, 1.807) is 24.3 Å². The number of nitrogens with one attached hydrogen (secondary N) is 1. The van der Waals surface area contributed by atoms with Gasteiger partial charge in [0.25, 0.3) is 0 Å². The van der Waals surface area contributed by atoms with Gasteiger partial charge in [0.1, 0.15) is 18.4 Å². The minimum absolute atomic E-state index is 0.0554. The maximum atomic E-state index is 12.5. The predicted molar refractivity (Wildman–Crippen MR) is 121 cm³/mol. The molecule has 1 aliphatic carbocycles. The Morgan fingerprint density at radius 1 is 0.909 bits per heavy atom. The van der Waals surface area contributed by atoms with Crippen LogP contribution < -0.4 is 10.1 Å². The minimum Gasteiger partial charge on any atom is -0.480 e. The summed E-state index contributed by atoms with van der Waals surface area (Å²) in [5, 5.41) is 12.0.